The van der Waals surface area contributed by atoms with Crippen molar-refractivity contribution in [1.29, 1.82) is 0 Å². The van der Waals surface area contributed by atoms with Gasteiger partial charge in [0.05, 0.1) is 16.8 Å². The molecule has 1 rings (SSSR count). The molecule has 0 fully saturated rings. The molecule has 0 bridgehead atoms. The molecular formula is C14H20N2O3. The van der Waals surface area contributed by atoms with E-state index in [1.54, 1.807) is 25.2 Å². The van der Waals surface area contributed by atoms with E-state index in [4.69, 9.17) is 10.8 Å². The van der Waals surface area contributed by atoms with E-state index in [-0.39, 0.29) is 11.5 Å². The molecule has 0 saturated carbocycles. The molecule has 0 aliphatic carbocycles. The third-order valence-corrected chi connectivity index (χ3v) is 3.49. The smallest absolute Gasteiger partial charge is 0.337 e. The van der Waals surface area contributed by atoms with Gasteiger partial charge in [0.2, 0.25) is 5.91 Å². The van der Waals surface area contributed by atoms with Crippen LogP contribution in [-0.2, 0) is 4.79 Å². The summed E-state index contributed by atoms with van der Waals surface area (Å²) in [7, 11) is 1.55. The summed E-state index contributed by atoms with van der Waals surface area (Å²) in [6.45, 7) is 3.69. The number of likely N-dealkylation sites (N-methyl/N-ethyl adjacent to an activating group) is 1. The van der Waals surface area contributed by atoms with E-state index >= 15 is 0 Å². The quantitative estimate of drug-likeness (QED) is 0.850. The van der Waals surface area contributed by atoms with Crippen molar-refractivity contribution in [2.24, 2.45) is 5.73 Å². The van der Waals surface area contributed by atoms with Gasteiger partial charge in [-0.05, 0) is 25.0 Å². The highest BCUT2D eigenvalue weighted by Gasteiger charge is 2.34. The highest BCUT2D eigenvalue weighted by atomic mass is 16.4. The van der Waals surface area contributed by atoms with Crippen molar-refractivity contribution in [2.45, 2.75) is 32.2 Å². The Balaban J connectivity index is 3.17. The SMILES string of the molecule is CCC(N)(CC)C(=O)N(C)c1ccccc1C(=O)O. The second-order valence-electron chi connectivity index (χ2n) is 4.55. The maximum Gasteiger partial charge on any atom is 0.337 e. The van der Waals surface area contributed by atoms with Crippen LogP contribution in [0.5, 0.6) is 0 Å². The van der Waals surface area contributed by atoms with Gasteiger partial charge in [-0.2, -0.15) is 0 Å². The van der Waals surface area contributed by atoms with Crippen molar-refractivity contribution >= 4 is 17.6 Å². The van der Waals surface area contributed by atoms with Crippen molar-refractivity contribution in [3.05, 3.63) is 29.8 Å². The Hall–Kier alpha value is -1.88. The van der Waals surface area contributed by atoms with E-state index in [1.165, 1.54) is 11.0 Å². The van der Waals surface area contributed by atoms with Crippen LogP contribution in [0.25, 0.3) is 0 Å². The van der Waals surface area contributed by atoms with Crippen molar-refractivity contribution in [3.63, 3.8) is 0 Å². The first kappa shape index (κ1) is 15.2. The van der Waals surface area contributed by atoms with Crippen LogP contribution in [0.15, 0.2) is 24.3 Å². The number of hydrogen-bond donors (Lipinski definition) is 2. The number of aromatic carboxylic acids is 1. The van der Waals surface area contributed by atoms with E-state index in [0.717, 1.165) is 0 Å². The number of carboxylic acid groups (broad SMARTS) is 1. The number of hydrogen-bond acceptors (Lipinski definition) is 3. The molecule has 3 N–H and O–H groups in total. The summed E-state index contributed by atoms with van der Waals surface area (Å²) in [5.74, 6) is -1.34. The zero-order valence-electron chi connectivity index (χ0n) is 11.5. The lowest BCUT2D eigenvalue weighted by molar-refractivity contribution is -0.123. The number of anilines is 1. The monoisotopic (exact) mass is 264 g/mol. The molecule has 104 valence electrons. The zero-order chi connectivity index (χ0) is 14.6. The lowest BCUT2D eigenvalue weighted by Crippen LogP contribution is -2.54. The molecule has 5 nitrogen and oxygen atoms in total. The topological polar surface area (TPSA) is 83.6 Å². The molecule has 0 saturated heterocycles. The molecule has 0 aromatic heterocycles. The summed E-state index contributed by atoms with van der Waals surface area (Å²) in [4.78, 5) is 24.9. The lowest BCUT2D eigenvalue weighted by Gasteiger charge is -2.31. The van der Waals surface area contributed by atoms with Gasteiger partial charge < -0.3 is 15.7 Å². The maximum absolute atomic E-state index is 12.4. The van der Waals surface area contributed by atoms with Crippen LogP contribution in [0.1, 0.15) is 37.0 Å². The average molecular weight is 264 g/mol. The fraction of sp³-hybridized carbons (Fsp3) is 0.429. The van der Waals surface area contributed by atoms with Crippen molar-refractivity contribution in [2.75, 3.05) is 11.9 Å². The fourth-order valence-electron chi connectivity index (χ4n) is 1.94. The third kappa shape index (κ3) is 2.93. The van der Waals surface area contributed by atoms with Gasteiger partial charge >= 0.3 is 5.97 Å². The summed E-state index contributed by atoms with van der Waals surface area (Å²) >= 11 is 0. The van der Waals surface area contributed by atoms with E-state index in [2.05, 4.69) is 0 Å². The van der Waals surface area contributed by atoms with Crippen molar-refractivity contribution < 1.29 is 14.7 Å². The van der Waals surface area contributed by atoms with Crippen molar-refractivity contribution in [3.8, 4) is 0 Å². The predicted molar refractivity (Wildman–Crippen MR) is 74.3 cm³/mol. The number of nitrogens with zero attached hydrogens (tertiary/aromatic N) is 1. The first-order valence-corrected chi connectivity index (χ1v) is 6.26. The van der Waals surface area contributed by atoms with Gasteiger partial charge in [0.15, 0.2) is 0 Å². The van der Waals surface area contributed by atoms with E-state index < -0.39 is 11.5 Å². The Morgan fingerprint density at radius 3 is 2.26 bits per heavy atom. The minimum absolute atomic E-state index is 0.0907. The molecule has 5 heteroatoms. The number of rotatable bonds is 5. The van der Waals surface area contributed by atoms with Gasteiger partial charge in [0.25, 0.3) is 0 Å². The van der Waals surface area contributed by atoms with Crippen LogP contribution < -0.4 is 10.6 Å². The number of nitrogens with two attached hydrogens (primary N) is 1. The van der Waals surface area contributed by atoms with Gasteiger partial charge in [-0.1, -0.05) is 26.0 Å². The molecule has 0 aliphatic heterocycles. The minimum Gasteiger partial charge on any atom is -0.478 e. The Labute approximate surface area is 113 Å². The van der Waals surface area contributed by atoms with Crippen LogP contribution in [0, 0.1) is 0 Å². The Morgan fingerprint density at radius 2 is 1.79 bits per heavy atom. The van der Waals surface area contributed by atoms with E-state index in [0.29, 0.717) is 18.5 Å². The van der Waals surface area contributed by atoms with Crippen LogP contribution in [0.4, 0.5) is 5.69 Å². The molecule has 0 atom stereocenters. The van der Waals surface area contributed by atoms with Gasteiger partial charge in [-0.15, -0.1) is 0 Å². The number of carbonyl (C=O) groups excluding carboxylic acids is 1. The number of carbonyl (C=O) groups is 2. The number of carboxylic acids is 1. The first-order chi connectivity index (χ1) is 8.87. The summed E-state index contributed by atoms with van der Waals surface area (Å²) in [6, 6.07) is 6.40. The normalized spacial score (nSPS) is 11.2. The molecule has 19 heavy (non-hydrogen) atoms. The molecule has 0 aliphatic rings. The minimum atomic E-state index is -1.06. The number of benzene rings is 1. The summed E-state index contributed by atoms with van der Waals surface area (Å²) in [5, 5.41) is 9.14. The highest BCUT2D eigenvalue weighted by Crippen LogP contribution is 2.23. The number of amides is 1. The average Bonchev–Trinajstić information content (AvgIpc) is 2.44. The Kier molecular flexibility index (Phi) is 4.67. The number of para-hydroxylation sites is 1. The second kappa shape index (κ2) is 5.84. The Morgan fingerprint density at radius 1 is 1.26 bits per heavy atom. The highest BCUT2D eigenvalue weighted by molar-refractivity contribution is 6.04. The summed E-state index contributed by atoms with van der Waals surface area (Å²) < 4.78 is 0. The summed E-state index contributed by atoms with van der Waals surface area (Å²) in [5.41, 5.74) is 5.56. The van der Waals surface area contributed by atoms with Crippen molar-refractivity contribution in [1.82, 2.24) is 0 Å². The molecule has 1 aromatic carbocycles. The van der Waals surface area contributed by atoms with Crippen LogP contribution >= 0.6 is 0 Å². The molecule has 0 unspecified atom stereocenters. The van der Waals surface area contributed by atoms with E-state index in [9.17, 15) is 9.59 Å². The summed E-state index contributed by atoms with van der Waals surface area (Å²) in [6.07, 6.45) is 1.00. The molecule has 1 amide bonds. The van der Waals surface area contributed by atoms with Crippen LogP contribution in [0.3, 0.4) is 0 Å². The van der Waals surface area contributed by atoms with Gasteiger partial charge in [-0.3, -0.25) is 4.79 Å². The first-order valence-electron chi connectivity index (χ1n) is 6.26. The maximum atomic E-state index is 12.4. The second-order valence-corrected chi connectivity index (χ2v) is 4.55. The van der Waals surface area contributed by atoms with Gasteiger partial charge in [-0.25, -0.2) is 4.79 Å². The van der Waals surface area contributed by atoms with E-state index in [1.807, 2.05) is 13.8 Å². The van der Waals surface area contributed by atoms with Gasteiger partial charge in [0.1, 0.15) is 0 Å². The lowest BCUT2D eigenvalue weighted by atomic mass is 9.92. The molecule has 1 aromatic rings. The predicted octanol–water partition coefficient (Wildman–Crippen LogP) is 1.87. The Bertz CT molecular complexity index is 481. The largest absolute Gasteiger partial charge is 0.478 e. The van der Waals surface area contributed by atoms with Crippen LogP contribution in [0.2, 0.25) is 0 Å². The molecule has 0 heterocycles. The van der Waals surface area contributed by atoms with Gasteiger partial charge in [0, 0.05) is 7.05 Å². The molecule has 0 spiro atoms. The molecular weight excluding hydrogens is 244 g/mol. The zero-order valence-corrected chi connectivity index (χ0v) is 11.5. The third-order valence-electron chi connectivity index (χ3n) is 3.49. The van der Waals surface area contributed by atoms with Crippen LogP contribution in [-0.4, -0.2) is 29.6 Å². The fourth-order valence-corrected chi connectivity index (χ4v) is 1.94. The standard InChI is InChI=1S/C14H20N2O3/c1-4-14(15,5-2)13(19)16(3)11-9-7-6-8-10(11)12(17)18/h6-9H,4-5,15H2,1-3H3,(H,17,18). The molecule has 0 radical (unpaired) electrons.